The topological polar surface area (TPSA) is 55.5 Å². The normalized spacial score (nSPS) is 23.1. The van der Waals surface area contributed by atoms with E-state index in [0.29, 0.717) is 19.1 Å². The van der Waals surface area contributed by atoms with Crippen LogP contribution in [0, 0.1) is 11.8 Å². The van der Waals surface area contributed by atoms with Gasteiger partial charge < -0.3 is 15.6 Å². The number of rotatable bonds is 7. The molecule has 0 saturated heterocycles. The van der Waals surface area contributed by atoms with E-state index in [1.165, 1.54) is 0 Å². The lowest BCUT2D eigenvalue weighted by molar-refractivity contribution is -0.0901. The standard InChI is InChI=1S/C11H23NO2/c1-3-4-10(7-12)11(13,8-14-2)9-5-6-9/h9-10,13H,3-8,12H2,1-2H3. The van der Waals surface area contributed by atoms with Crippen LogP contribution in [-0.4, -0.2) is 31.0 Å². The Hall–Kier alpha value is -0.120. The van der Waals surface area contributed by atoms with Crippen molar-refractivity contribution in [2.75, 3.05) is 20.3 Å². The number of methoxy groups -OCH3 is 1. The largest absolute Gasteiger partial charge is 0.387 e. The minimum absolute atomic E-state index is 0.194. The third-order valence-electron chi connectivity index (χ3n) is 3.29. The Labute approximate surface area is 86.6 Å². The average molecular weight is 201 g/mol. The summed E-state index contributed by atoms with van der Waals surface area (Å²) in [6.45, 7) is 3.12. The third kappa shape index (κ3) is 2.47. The zero-order valence-corrected chi connectivity index (χ0v) is 9.33. The molecule has 84 valence electrons. The summed E-state index contributed by atoms with van der Waals surface area (Å²) in [5.41, 5.74) is 5.06. The van der Waals surface area contributed by atoms with Crippen LogP contribution >= 0.6 is 0 Å². The van der Waals surface area contributed by atoms with Crippen LogP contribution < -0.4 is 5.73 Å². The molecular formula is C11H23NO2. The van der Waals surface area contributed by atoms with E-state index < -0.39 is 5.60 Å². The van der Waals surface area contributed by atoms with Crippen molar-refractivity contribution in [3.8, 4) is 0 Å². The summed E-state index contributed by atoms with van der Waals surface area (Å²) in [6.07, 6.45) is 4.31. The number of nitrogens with two attached hydrogens (primary N) is 1. The van der Waals surface area contributed by atoms with Crippen LogP contribution in [0.1, 0.15) is 32.6 Å². The molecule has 1 saturated carbocycles. The van der Waals surface area contributed by atoms with Crippen molar-refractivity contribution in [1.29, 1.82) is 0 Å². The van der Waals surface area contributed by atoms with Crippen molar-refractivity contribution in [3.63, 3.8) is 0 Å². The molecule has 3 heteroatoms. The summed E-state index contributed by atoms with van der Waals surface area (Å²) >= 11 is 0. The monoisotopic (exact) mass is 201 g/mol. The molecule has 0 amide bonds. The van der Waals surface area contributed by atoms with Crippen LogP contribution in [0.3, 0.4) is 0 Å². The number of hydrogen-bond donors (Lipinski definition) is 2. The number of hydrogen-bond acceptors (Lipinski definition) is 3. The van der Waals surface area contributed by atoms with Crippen molar-refractivity contribution in [2.45, 2.75) is 38.2 Å². The Kier molecular flexibility index (Phi) is 4.35. The van der Waals surface area contributed by atoms with Gasteiger partial charge in [0.25, 0.3) is 0 Å². The van der Waals surface area contributed by atoms with E-state index in [2.05, 4.69) is 6.92 Å². The Morgan fingerprint density at radius 3 is 2.57 bits per heavy atom. The number of aliphatic hydroxyl groups is 1. The second-order valence-corrected chi connectivity index (χ2v) is 4.42. The van der Waals surface area contributed by atoms with Crippen LogP contribution in [0.4, 0.5) is 0 Å². The first kappa shape index (κ1) is 12.0. The molecule has 0 spiro atoms. The molecule has 0 aromatic carbocycles. The highest BCUT2D eigenvalue weighted by molar-refractivity contribution is 4.99. The Balaban J connectivity index is 2.62. The molecular weight excluding hydrogens is 178 g/mol. The Morgan fingerprint density at radius 2 is 2.21 bits per heavy atom. The first-order valence-corrected chi connectivity index (χ1v) is 5.60. The summed E-state index contributed by atoms with van der Waals surface area (Å²) in [7, 11) is 1.65. The summed E-state index contributed by atoms with van der Waals surface area (Å²) in [4.78, 5) is 0. The molecule has 0 aromatic heterocycles. The van der Waals surface area contributed by atoms with Gasteiger partial charge in [-0.1, -0.05) is 13.3 Å². The molecule has 0 aromatic rings. The van der Waals surface area contributed by atoms with Crippen LogP contribution in [0.15, 0.2) is 0 Å². The van der Waals surface area contributed by atoms with E-state index in [1.54, 1.807) is 7.11 Å². The first-order chi connectivity index (χ1) is 6.69. The van der Waals surface area contributed by atoms with Crippen LogP contribution in [0.2, 0.25) is 0 Å². The van der Waals surface area contributed by atoms with Gasteiger partial charge in [0.2, 0.25) is 0 Å². The van der Waals surface area contributed by atoms with Crippen molar-refractivity contribution < 1.29 is 9.84 Å². The predicted octanol–water partition coefficient (Wildman–Crippen LogP) is 1.15. The van der Waals surface area contributed by atoms with Crippen molar-refractivity contribution in [2.24, 2.45) is 17.6 Å². The zero-order valence-electron chi connectivity index (χ0n) is 9.33. The molecule has 3 N–H and O–H groups in total. The summed E-state index contributed by atoms with van der Waals surface area (Å²) < 4.78 is 5.13. The highest BCUT2D eigenvalue weighted by Crippen LogP contribution is 2.44. The van der Waals surface area contributed by atoms with Gasteiger partial charge in [-0.2, -0.15) is 0 Å². The van der Waals surface area contributed by atoms with E-state index >= 15 is 0 Å². The quantitative estimate of drug-likeness (QED) is 0.649. The molecule has 2 unspecified atom stereocenters. The SMILES string of the molecule is CCCC(CN)C(O)(COC)C1CC1. The molecule has 3 nitrogen and oxygen atoms in total. The molecule has 1 aliphatic carbocycles. The zero-order chi connectivity index (χ0) is 10.6. The van der Waals surface area contributed by atoms with Crippen LogP contribution in [0.25, 0.3) is 0 Å². The van der Waals surface area contributed by atoms with Crippen molar-refractivity contribution in [1.82, 2.24) is 0 Å². The van der Waals surface area contributed by atoms with Crippen molar-refractivity contribution >= 4 is 0 Å². The molecule has 0 heterocycles. The van der Waals surface area contributed by atoms with E-state index in [0.717, 1.165) is 25.7 Å². The maximum absolute atomic E-state index is 10.5. The van der Waals surface area contributed by atoms with Crippen LogP contribution in [0.5, 0.6) is 0 Å². The van der Waals surface area contributed by atoms with Gasteiger partial charge in [-0.25, -0.2) is 0 Å². The molecule has 1 fully saturated rings. The van der Waals surface area contributed by atoms with Gasteiger partial charge in [0, 0.05) is 13.0 Å². The first-order valence-electron chi connectivity index (χ1n) is 5.60. The summed E-state index contributed by atoms with van der Waals surface area (Å²) in [6, 6.07) is 0. The molecule has 0 bridgehead atoms. The lowest BCUT2D eigenvalue weighted by atomic mass is 9.81. The molecule has 0 aliphatic heterocycles. The highest BCUT2D eigenvalue weighted by Gasteiger charge is 2.48. The van der Waals surface area contributed by atoms with Gasteiger partial charge in [0.15, 0.2) is 0 Å². The third-order valence-corrected chi connectivity index (χ3v) is 3.29. The maximum atomic E-state index is 10.5. The Morgan fingerprint density at radius 1 is 1.57 bits per heavy atom. The van der Waals surface area contributed by atoms with E-state index in [-0.39, 0.29) is 5.92 Å². The van der Waals surface area contributed by atoms with Gasteiger partial charge in [-0.3, -0.25) is 0 Å². The highest BCUT2D eigenvalue weighted by atomic mass is 16.5. The van der Waals surface area contributed by atoms with Crippen molar-refractivity contribution in [3.05, 3.63) is 0 Å². The van der Waals surface area contributed by atoms with Gasteiger partial charge in [-0.05, 0) is 31.7 Å². The molecule has 14 heavy (non-hydrogen) atoms. The second-order valence-electron chi connectivity index (χ2n) is 4.42. The van der Waals surface area contributed by atoms with Gasteiger partial charge in [0.1, 0.15) is 0 Å². The van der Waals surface area contributed by atoms with E-state index in [1.807, 2.05) is 0 Å². The lowest BCUT2D eigenvalue weighted by Gasteiger charge is -2.35. The molecule has 0 radical (unpaired) electrons. The van der Waals surface area contributed by atoms with Gasteiger partial charge >= 0.3 is 0 Å². The minimum Gasteiger partial charge on any atom is -0.387 e. The smallest absolute Gasteiger partial charge is 0.0947 e. The van der Waals surface area contributed by atoms with Crippen LogP contribution in [-0.2, 0) is 4.74 Å². The molecule has 1 aliphatic rings. The Bertz CT molecular complexity index is 171. The fourth-order valence-electron chi connectivity index (χ4n) is 2.30. The molecule has 1 rings (SSSR count). The predicted molar refractivity (Wildman–Crippen MR) is 57.0 cm³/mol. The maximum Gasteiger partial charge on any atom is 0.0947 e. The minimum atomic E-state index is -0.667. The van der Waals surface area contributed by atoms with Gasteiger partial charge in [-0.15, -0.1) is 0 Å². The lowest BCUT2D eigenvalue weighted by Crippen LogP contribution is -2.47. The van der Waals surface area contributed by atoms with E-state index in [9.17, 15) is 5.11 Å². The fraction of sp³-hybridized carbons (Fsp3) is 1.00. The summed E-state index contributed by atoms with van der Waals surface area (Å²) in [5, 5.41) is 10.5. The average Bonchev–Trinajstić information content (AvgIpc) is 2.97. The number of ether oxygens (including phenoxy) is 1. The fourth-order valence-corrected chi connectivity index (χ4v) is 2.30. The second kappa shape index (κ2) is 5.10. The van der Waals surface area contributed by atoms with E-state index in [4.69, 9.17) is 10.5 Å². The summed E-state index contributed by atoms with van der Waals surface area (Å²) in [5.74, 6) is 0.613. The molecule has 2 atom stereocenters. The van der Waals surface area contributed by atoms with Gasteiger partial charge in [0.05, 0.1) is 12.2 Å².